The number of carbonyl (C=O) groups is 1. The van der Waals surface area contributed by atoms with Crippen molar-refractivity contribution >= 4 is 34.0 Å². The van der Waals surface area contributed by atoms with E-state index in [-0.39, 0.29) is 5.91 Å². The Morgan fingerprint density at radius 3 is 3.21 bits per heavy atom. The topological polar surface area (TPSA) is 61.0 Å². The Balaban J connectivity index is 1.75. The summed E-state index contributed by atoms with van der Waals surface area (Å²) < 4.78 is 0. The lowest BCUT2D eigenvalue weighted by Gasteiger charge is -2.20. The number of thiazole rings is 1. The largest absolute Gasteiger partial charge is 0.356 e. The first-order chi connectivity index (χ1) is 9.11. The Kier molecular flexibility index (Phi) is 3.30. The summed E-state index contributed by atoms with van der Waals surface area (Å²) in [7, 11) is 2.09. The van der Waals surface area contributed by atoms with Crippen molar-refractivity contribution in [2.45, 2.75) is 13.0 Å². The number of aromatic nitrogens is 2. The zero-order valence-electron chi connectivity index (χ0n) is 10.4. The van der Waals surface area contributed by atoms with Crippen molar-refractivity contribution < 1.29 is 4.79 Å². The molecule has 0 aliphatic carbocycles. The first-order valence-corrected chi connectivity index (χ1v) is 7.13. The minimum Gasteiger partial charge on any atom is -0.356 e. The van der Waals surface area contributed by atoms with Gasteiger partial charge in [-0.15, -0.1) is 11.3 Å². The fourth-order valence-corrected chi connectivity index (χ4v) is 3.29. The number of aromatic amines is 1. The Labute approximate surface area is 119 Å². The van der Waals surface area contributed by atoms with Crippen molar-refractivity contribution in [1.82, 2.24) is 14.9 Å². The summed E-state index contributed by atoms with van der Waals surface area (Å²) in [6.07, 6.45) is 2.52. The van der Waals surface area contributed by atoms with Gasteiger partial charge in [0.15, 0.2) is 5.13 Å². The van der Waals surface area contributed by atoms with Crippen LogP contribution in [-0.4, -0.2) is 34.4 Å². The number of hydrogen-bond acceptors (Lipinski definition) is 4. The highest BCUT2D eigenvalue weighted by molar-refractivity contribution is 7.15. The van der Waals surface area contributed by atoms with Gasteiger partial charge in [-0.2, -0.15) is 0 Å². The van der Waals surface area contributed by atoms with Crippen molar-refractivity contribution in [3.63, 3.8) is 0 Å². The van der Waals surface area contributed by atoms with Crippen LogP contribution in [0.1, 0.15) is 21.1 Å². The fourth-order valence-electron chi connectivity index (χ4n) is 2.04. The van der Waals surface area contributed by atoms with Crippen LogP contribution in [0.3, 0.4) is 0 Å². The molecule has 0 bridgehead atoms. The quantitative estimate of drug-likeness (QED) is 0.894. The summed E-state index contributed by atoms with van der Waals surface area (Å²) in [5.74, 6) is -0.216. The zero-order chi connectivity index (χ0) is 13.4. The van der Waals surface area contributed by atoms with Crippen molar-refractivity contribution in [1.29, 1.82) is 0 Å². The number of H-pyrrole nitrogens is 1. The molecule has 0 saturated heterocycles. The summed E-state index contributed by atoms with van der Waals surface area (Å²) in [4.78, 5) is 22.7. The second-order valence-electron chi connectivity index (χ2n) is 4.56. The summed E-state index contributed by atoms with van der Waals surface area (Å²) in [6.45, 7) is 1.91. The first kappa shape index (κ1) is 12.7. The number of nitrogens with one attached hydrogen (secondary N) is 2. The zero-order valence-corrected chi connectivity index (χ0v) is 11.9. The monoisotopic (exact) mass is 296 g/mol. The summed E-state index contributed by atoms with van der Waals surface area (Å²) >= 11 is 7.31. The van der Waals surface area contributed by atoms with Gasteiger partial charge in [0.1, 0.15) is 5.69 Å². The van der Waals surface area contributed by atoms with Gasteiger partial charge in [-0.3, -0.25) is 10.1 Å². The van der Waals surface area contributed by atoms with Crippen LogP contribution >= 0.6 is 22.9 Å². The molecule has 3 heterocycles. The predicted octanol–water partition coefficient (Wildman–Crippen LogP) is 2.36. The maximum Gasteiger partial charge on any atom is 0.273 e. The number of halogens is 1. The van der Waals surface area contributed by atoms with E-state index in [0.29, 0.717) is 15.8 Å². The van der Waals surface area contributed by atoms with Gasteiger partial charge < -0.3 is 9.88 Å². The molecule has 1 aliphatic rings. The third-order valence-corrected chi connectivity index (χ3v) is 4.25. The number of hydrogen-bond donors (Lipinski definition) is 2. The van der Waals surface area contributed by atoms with Gasteiger partial charge >= 0.3 is 0 Å². The van der Waals surface area contributed by atoms with E-state index in [1.54, 1.807) is 12.3 Å². The standard InChI is InChI=1S/C12H13ClN4OS/c1-17-3-2-8-10(6-17)19-12(15-8)16-11(18)9-4-7(13)5-14-9/h4-5,14H,2-3,6H2,1H3,(H,15,16,18). The van der Waals surface area contributed by atoms with E-state index in [9.17, 15) is 4.79 Å². The minimum absolute atomic E-state index is 0.216. The highest BCUT2D eigenvalue weighted by atomic mass is 35.5. The average Bonchev–Trinajstić information content (AvgIpc) is 2.94. The second-order valence-corrected chi connectivity index (χ2v) is 6.08. The molecule has 1 amide bonds. The van der Waals surface area contributed by atoms with E-state index in [0.717, 1.165) is 25.2 Å². The molecule has 0 aromatic carbocycles. The van der Waals surface area contributed by atoms with Gasteiger partial charge in [0.05, 0.1) is 10.7 Å². The Morgan fingerprint density at radius 2 is 2.47 bits per heavy atom. The third kappa shape index (κ3) is 2.65. The summed E-state index contributed by atoms with van der Waals surface area (Å²) in [5, 5.41) is 3.97. The summed E-state index contributed by atoms with van der Waals surface area (Å²) in [6, 6.07) is 1.60. The van der Waals surface area contributed by atoms with Crippen LogP contribution in [0.5, 0.6) is 0 Å². The van der Waals surface area contributed by atoms with E-state index in [1.165, 1.54) is 16.2 Å². The predicted molar refractivity (Wildman–Crippen MR) is 75.9 cm³/mol. The maximum atomic E-state index is 12.0. The van der Waals surface area contributed by atoms with Crippen molar-refractivity contribution in [3.05, 3.63) is 33.6 Å². The normalized spacial score (nSPS) is 15.3. The smallest absolute Gasteiger partial charge is 0.273 e. The van der Waals surface area contributed by atoms with Crippen molar-refractivity contribution in [2.24, 2.45) is 0 Å². The first-order valence-electron chi connectivity index (χ1n) is 5.94. The number of nitrogens with zero attached hydrogens (tertiary/aromatic N) is 2. The van der Waals surface area contributed by atoms with Gasteiger partial charge in [0, 0.05) is 30.6 Å². The summed E-state index contributed by atoms with van der Waals surface area (Å²) in [5.41, 5.74) is 1.54. The number of rotatable bonds is 2. The molecule has 0 spiro atoms. The molecule has 2 aromatic heterocycles. The SMILES string of the molecule is CN1CCc2nc(NC(=O)c3cc(Cl)c[nH]3)sc2C1. The van der Waals surface area contributed by atoms with Crippen LogP contribution in [0.15, 0.2) is 12.3 Å². The van der Waals surface area contributed by atoms with Crippen LogP contribution in [-0.2, 0) is 13.0 Å². The number of likely N-dealkylation sites (N-methyl/N-ethyl adjacent to an activating group) is 1. The molecule has 2 aromatic rings. The van der Waals surface area contributed by atoms with Gasteiger partial charge in [0.25, 0.3) is 5.91 Å². The number of carbonyl (C=O) groups excluding carboxylic acids is 1. The molecule has 19 heavy (non-hydrogen) atoms. The van der Waals surface area contributed by atoms with Gasteiger partial charge in [-0.05, 0) is 13.1 Å². The van der Waals surface area contributed by atoms with E-state index in [1.807, 2.05) is 0 Å². The second kappa shape index (κ2) is 4.96. The Morgan fingerprint density at radius 1 is 1.63 bits per heavy atom. The van der Waals surface area contributed by atoms with Gasteiger partial charge in [-0.25, -0.2) is 4.98 Å². The van der Waals surface area contributed by atoms with Crippen LogP contribution < -0.4 is 5.32 Å². The molecular formula is C12H13ClN4OS. The van der Waals surface area contributed by atoms with Gasteiger partial charge in [-0.1, -0.05) is 11.6 Å². The lowest BCUT2D eigenvalue weighted by atomic mass is 10.2. The van der Waals surface area contributed by atoms with Crippen LogP contribution in [0, 0.1) is 0 Å². The highest BCUT2D eigenvalue weighted by Gasteiger charge is 2.19. The van der Waals surface area contributed by atoms with E-state index in [2.05, 4.69) is 27.2 Å². The number of amides is 1. The Bertz CT molecular complexity index is 621. The number of anilines is 1. The van der Waals surface area contributed by atoms with Gasteiger partial charge in [0.2, 0.25) is 0 Å². The third-order valence-electron chi connectivity index (χ3n) is 3.03. The van der Waals surface area contributed by atoms with E-state index in [4.69, 9.17) is 11.6 Å². The van der Waals surface area contributed by atoms with Crippen molar-refractivity contribution in [3.8, 4) is 0 Å². The Hall–Kier alpha value is -1.37. The molecule has 0 fully saturated rings. The molecule has 0 saturated carbocycles. The van der Waals surface area contributed by atoms with E-state index >= 15 is 0 Å². The molecule has 3 rings (SSSR count). The van der Waals surface area contributed by atoms with Crippen LogP contribution in [0.4, 0.5) is 5.13 Å². The van der Waals surface area contributed by atoms with Crippen LogP contribution in [0.2, 0.25) is 5.02 Å². The minimum atomic E-state index is -0.216. The lowest BCUT2D eigenvalue weighted by Crippen LogP contribution is -2.25. The highest BCUT2D eigenvalue weighted by Crippen LogP contribution is 2.28. The molecule has 0 atom stereocenters. The molecule has 7 heteroatoms. The number of fused-ring (bicyclic) bond motifs is 1. The van der Waals surface area contributed by atoms with Crippen molar-refractivity contribution in [2.75, 3.05) is 18.9 Å². The average molecular weight is 297 g/mol. The van der Waals surface area contributed by atoms with Crippen LogP contribution in [0.25, 0.3) is 0 Å². The molecule has 100 valence electrons. The maximum absolute atomic E-state index is 12.0. The molecule has 2 N–H and O–H groups in total. The lowest BCUT2D eigenvalue weighted by molar-refractivity contribution is 0.102. The van der Waals surface area contributed by atoms with E-state index < -0.39 is 0 Å². The fraction of sp³-hybridized carbons (Fsp3) is 0.333. The molecule has 1 aliphatic heterocycles. The molecular weight excluding hydrogens is 284 g/mol. The molecule has 5 nitrogen and oxygen atoms in total. The molecule has 0 unspecified atom stereocenters. The molecule has 0 radical (unpaired) electrons.